The molecule has 8 heteroatoms. The first-order valence-electron chi connectivity index (χ1n) is 10.1. The minimum atomic E-state index is -4.27. The van der Waals surface area contributed by atoms with Gasteiger partial charge < -0.3 is 9.64 Å². The topological polar surface area (TPSA) is 28.6 Å². The van der Waals surface area contributed by atoms with Crippen LogP contribution in [0.4, 0.5) is 18.9 Å². The lowest BCUT2D eigenvalue weighted by Crippen LogP contribution is -2.32. The number of aromatic nitrogens is 1. The molecule has 1 aromatic heterocycles. The van der Waals surface area contributed by atoms with Crippen molar-refractivity contribution < 1.29 is 17.9 Å². The van der Waals surface area contributed by atoms with Crippen LogP contribution in [0.15, 0.2) is 59.6 Å². The summed E-state index contributed by atoms with van der Waals surface area (Å²) in [7, 11) is 1.67. The molecule has 31 heavy (non-hydrogen) atoms. The van der Waals surface area contributed by atoms with Crippen molar-refractivity contribution in [2.24, 2.45) is 0 Å². The van der Waals surface area contributed by atoms with Gasteiger partial charge in [0.05, 0.1) is 25.5 Å². The highest BCUT2D eigenvalue weighted by atomic mass is 32.2. The molecule has 4 nitrogen and oxygen atoms in total. The molecule has 1 aliphatic carbocycles. The fourth-order valence-electron chi connectivity index (χ4n) is 4.44. The summed E-state index contributed by atoms with van der Waals surface area (Å²) in [4.78, 5) is 9.43. The number of methoxy groups -OCH3 is 1. The van der Waals surface area contributed by atoms with Gasteiger partial charge in [0.1, 0.15) is 5.75 Å². The molecule has 162 valence electrons. The summed E-state index contributed by atoms with van der Waals surface area (Å²) in [5.41, 5.74) is -1.13. The fourth-order valence-corrected chi connectivity index (χ4v) is 4.98. The molecule has 1 saturated heterocycles. The molecule has 0 unspecified atom stereocenters. The summed E-state index contributed by atoms with van der Waals surface area (Å²) in [5, 5.41) is 1.09. The van der Waals surface area contributed by atoms with E-state index in [1.165, 1.54) is 0 Å². The first-order valence-corrected chi connectivity index (χ1v) is 10.9. The van der Waals surface area contributed by atoms with Gasteiger partial charge in [-0.25, -0.2) is 0 Å². The number of ether oxygens (including phenoxy) is 1. The number of para-hydroxylation sites is 1. The molecule has 0 atom stereocenters. The van der Waals surface area contributed by atoms with Gasteiger partial charge in [-0.3, -0.25) is 9.88 Å². The van der Waals surface area contributed by atoms with Crippen LogP contribution in [0, 0.1) is 0 Å². The van der Waals surface area contributed by atoms with E-state index in [-0.39, 0.29) is 22.2 Å². The predicted molar refractivity (Wildman–Crippen MR) is 116 cm³/mol. The van der Waals surface area contributed by atoms with Crippen molar-refractivity contribution in [3.8, 4) is 5.75 Å². The van der Waals surface area contributed by atoms with Crippen molar-refractivity contribution >= 4 is 28.4 Å². The number of fused-ring (bicyclic) bond motifs is 1. The van der Waals surface area contributed by atoms with Gasteiger partial charge in [-0.2, -0.15) is 13.2 Å². The fraction of sp³-hybridized carbons (Fsp3) is 0.348. The average Bonchev–Trinajstić information content (AvgIpc) is 3.43. The van der Waals surface area contributed by atoms with E-state index in [9.17, 15) is 13.2 Å². The lowest BCUT2D eigenvalue weighted by Gasteiger charge is -2.24. The molecule has 0 radical (unpaired) electrons. The third kappa shape index (κ3) is 4.06. The number of alkyl halides is 3. The number of pyridine rings is 1. The summed E-state index contributed by atoms with van der Waals surface area (Å²) in [6.07, 6.45) is 4.02. The Morgan fingerprint density at radius 2 is 1.84 bits per heavy atom. The van der Waals surface area contributed by atoms with Crippen LogP contribution in [-0.4, -0.2) is 41.3 Å². The Balaban J connectivity index is 1.39. The normalized spacial score (nSPS) is 18.1. The number of benzene rings is 2. The van der Waals surface area contributed by atoms with E-state index >= 15 is 0 Å². The van der Waals surface area contributed by atoms with Crippen LogP contribution in [0.25, 0.3) is 10.9 Å². The van der Waals surface area contributed by atoms with Crippen molar-refractivity contribution in [3.63, 3.8) is 0 Å². The second kappa shape index (κ2) is 7.60. The molecule has 1 saturated carbocycles. The number of anilines is 1. The van der Waals surface area contributed by atoms with E-state index in [1.54, 1.807) is 37.6 Å². The maximum absolute atomic E-state index is 12.6. The zero-order valence-corrected chi connectivity index (χ0v) is 17.8. The lowest BCUT2D eigenvalue weighted by molar-refractivity contribution is -0.0328. The number of thioether (sulfide) groups is 1. The quantitative estimate of drug-likeness (QED) is 0.472. The molecular weight excluding hydrogens is 423 g/mol. The number of hydrogen-bond donors (Lipinski definition) is 0. The molecule has 2 aliphatic rings. The number of rotatable bonds is 5. The molecule has 0 amide bonds. The average molecular weight is 446 g/mol. The maximum atomic E-state index is 12.6. The van der Waals surface area contributed by atoms with Crippen molar-refractivity contribution in [2.45, 2.75) is 35.3 Å². The lowest BCUT2D eigenvalue weighted by atomic mass is 10.1. The number of hydrogen-bond acceptors (Lipinski definition) is 5. The van der Waals surface area contributed by atoms with Gasteiger partial charge >= 0.3 is 5.51 Å². The highest BCUT2D eigenvalue weighted by molar-refractivity contribution is 8.00. The summed E-state index contributed by atoms with van der Waals surface area (Å²) in [6, 6.07) is 14.7. The predicted octanol–water partition coefficient (Wildman–Crippen LogP) is 5.67. The largest absolute Gasteiger partial charge is 0.495 e. The molecule has 2 fully saturated rings. The van der Waals surface area contributed by atoms with Gasteiger partial charge in [0, 0.05) is 40.2 Å². The smallest absolute Gasteiger partial charge is 0.446 e. The van der Waals surface area contributed by atoms with E-state index < -0.39 is 5.51 Å². The molecule has 1 aliphatic heterocycles. The zero-order chi connectivity index (χ0) is 21.6. The van der Waals surface area contributed by atoms with Crippen molar-refractivity contribution in [1.82, 2.24) is 9.88 Å². The van der Waals surface area contributed by atoms with Gasteiger partial charge in [0.15, 0.2) is 0 Å². The van der Waals surface area contributed by atoms with Crippen LogP contribution in [-0.2, 0) is 6.54 Å². The van der Waals surface area contributed by atoms with Crippen molar-refractivity contribution in [3.05, 3.63) is 60.3 Å². The Labute approximate surface area is 183 Å². The highest BCUT2D eigenvalue weighted by Crippen LogP contribution is 2.48. The number of nitrogens with zero attached hydrogens (tertiary/aromatic N) is 3. The standard InChI is InChI=1S/C23H22F3N3OS/c1-30-21-12-27-20-5-3-2-4-18(20)19(21)13-29-15-28(14-22(29)10-11-22)16-6-8-17(9-7-16)31-23(24,25)26/h2-9,12H,10-11,13-15H2,1H3. The van der Waals surface area contributed by atoms with Gasteiger partial charge in [-0.1, -0.05) is 18.2 Å². The Hall–Kier alpha value is -2.45. The Morgan fingerprint density at radius 1 is 1.10 bits per heavy atom. The molecule has 2 aromatic carbocycles. The van der Waals surface area contributed by atoms with Gasteiger partial charge in [0.2, 0.25) is 0 Å². The molecule has 1 spiro atoms. The van der Waals surface area contributed by atoms with Crippen LogP contribution in [0.5, 0.6) is 5.75 Å². The Morgan fingerprint density at radius 3 is 2.52 bits per heavy atom. The van der Waals surface area contributed by atoms with Crippen LogP contribution in [0.2, 0.25) is 0 Å². The van der Waals surface area contributed by atoms with Crippen molar-refractivity contribution in [2.75, 3.05) is 25.2 Å². The highest BCUT2D eigenvalue weighted by Gasteiger charge is 2.53. The van der Waals surface area contributed by atoms with Gasteiger partial charge in [-0.15, -0.1) is 0 Å². The number of halogens is 3. The van der Waals surface area contributed by atoms with Gasteiger partial charge in [0.25, 0.3) is 0 Å². The van der Waals surface area contributed by atoms with Crippen molar-refractivity contribution in [1.29, 1.82) is 0 Å². The molecule has 0 N–H and O–H groups in total. The molecule has 5 rings (SSSR count). The van der Waals surface area contributed by atoms with Crippen LogP contribution < -0.4 is 9.64 Å². The van der Waals surface area contributed by atoms with E-state index in [4.69, 9.17) is 4.74 Å². The summed E-state index contributed by atoms with van der Waals surface area (Å²) < 4.78 is 43.5. The minimum absolute atomic E-state index is 0.0771. The SMILES string of the molecule is COc1cnc2ccccc2c1CN1CN(c2ccc(SC(F)(F)F)cc2)CC12CC2. The Kier molecular flexibility index (Phi) is 5.01. The first-order chi connectivity index (χ1) is 14.9. The minimum Gasteiger partial charge on any atom is -0.495 e. The second-order valence-corrected chi connectivity index (χ2v) is 9.26. The van der Waals surface area contributed by atoms with Crippen LogP contribution >= 0.6 is 11.8 Å². The van der Waals surface area contributed by atoms with E-state index in [2.05, 4.69) is 20.9 Å². The Bertz CT molecular complexity index is 1100. The molecule has 2 heterocycles. The van der Waals surface area contributed by atoms with Gasteiger partial charge in [-0.05, 0) is 54.9 Å². The zero-order valence-electron chi connectivity index (χ0n) is 17.0. The van der Waals surface area contributed by atoms with E-state index in [0.29, 0.717) is 0 Å². The van der Waals surface area contributed by atoms with Crippen LogP contribution in [0.1, 0.15) is 18.4 Å². The third-order valence-corrected chi connectivity index (χ3v) is 6.92. The molecular formula is C23H22F3N3OS. The summed E-state index contributed by atoms with van der Waals surface area (Å²) >= 11 is -0.0771. The molecule has 3 aromatic rings. The summed E-state index contributed by atoms with van der Waals surface area (Å²) in [5.74, 6) is 0.779. The monoisotopic (exact) mass is 445 g/mol. The van der Waals surface area contributed by atoms with E-state index in [1.807, 2.05) is 18.2 Å². The third-order valence-electron chi connectivity index (χ3n) is 6.18. The van der Waals surface area contributed by atoms with Crippen LogP contribution in [0.3, 0.4) is 0 Å². The first kappa shape index (κ1) is 20.5. The molecule has 0 bridgehead atoms. The second-order valence-electron chi connectivity index (χ2n) is 8.13. The summed E-state index contributed by atoms with van der Waals surface area (Å²) in [6.45, 7) is 2.35. The maximum Gasteiger partial charge on any atom is 0.446 e. The van der Waals surface area contributed by atoms with E-state index in [0.717, 1.165) is 60.5 Å².